The van der Waals surface area contributed by atoms with Gasteiger partial charge in [0.1, 0.15) is 11.3 Å². The molecule has 0 saturated carbocycles. The molecular weight excluding hydrogens is 502 g/mol. The van der Waals surface area contributed by atoms with Crippen molar-refractivity contribution in [2.75, 3.05) is 0 Å². The van der Waals surface area contributed by atoms with Crippen LogP contribution in [-0.4, -0.2) is 26.0 Å². The molecule has 6 rings (SSSR count). The highest BCUT2D eigenvalue weighted by molar-refractivity contribution is 6.32. The Labute approximate surface area is 221 Å². The molecule has 0 atom stereocenters. The van der Waals surface area contributed by atoms with E-state index in [0.717, 1.165) is 22.2 Å². The van der Waals surface area contributed by atoms with Gasteiger partial charge in [-0.1, -0.05) is 41.6 Å². The lowest BCUT2D eigenvalue weighted by Gasteiger charge is -2.05. The Morgan fingerprint density at radius 3 is 2.58 bits per heavy atom. The van der Waals surface area contributed by atoms with Crippen LogP contribution >= 0.6 is 11.6 Å². The van der Waals surface area contributed by atoms with Gasteiger partial charge in [-0.3, -0.25) is 0 Å². The van der Waals surface area contributed by atoms with Crippen LogP contribution in [0.25, 0.3) is 33.6 Å². The number of fused-ring (bicyclic) bond motifs is 2. The summed E-state index contributed by atoms with van der Waals surface area (Å²) in [7, 11) is 0. The molecule has 8 heteroatoms. The standard InChI is InChI=1S/C30H18ClN3O4/c1-17-6-13-21(15-22(17)29(35)36)37-30-33-25-14-20(23(31)16-26(25)34-30)12-9-18-7-10-19(11-8-18)28-32-24-4-2-3-5-27(24)38-28/h2-8,10-11,13-16H,1H3,(H,33,34)(H,35,36). The number of carboxylic acid groups (broad SMARTS) is 1. The van der Waals surface area contributed by atoms with Crippen molar-refractivity contribution in [2.45, 2.75) is 6.92 Å². The lowest BCUT2D eigenvalue weighted by atomic mass is 10.1. The summed E-state index contributed by atoms with van der Waals surface area (Å²) in [5.41, 5.74) is 5.95. The van der Waals surface area contributed by atoms with Gasteiger partial charge in [0.2, 0.25) is 5.89 Å². The molecule has 0 spiro atoms. The van der Waals surface area contributed by atoms with Crippen LogP contribution in [0.5, 0.6) is 11.8 Å². The van der Waals surface area contributed by atoms with E-state index >= 15 is 0 Å². The Morgan fingerprint density at radius 1 is 0.974 bits per heavy atom. The summed E-state index contributed by atoms with van der Waals surface area (Å²) in [6.07, 6.45) is 0. The van der Waals surface area contributed by atoms with Gasteiger partial charge in [-0.15, -0.1) is 0 Å². The molecule has 38 heavy (non-hydrogen) atoms. The van der Waals surface area contributed by atoms with Crippen molar-refractivity contribution >= 4 is 39.7 Å². The largest absolute Gasteiger partial charge is 0.478 e. The van der Waals surface area contributed by atoms with E-state index in [9.17, 15) is 9.90 Å². The summed E-state index contributed by atoms with van der Waals surface area (Å²) < 4.78 is 11.6. The van der Waals surface area contributed by atoms with Gasteiger partial charge < -0.3 is 19.2 Å². The van der Waals surface area contributed by atoms with E-state index in [1.165, 1.54) is 6.07 Å². The third-order valence-corrected chi connectivity index (χ3v) is 6.28. The quantitative estimate of drug-likeness (QED) is 0.238. The fourth-order valence-corrected chi connectivity index (χ4v) is 4.20. The molecular formula is C30H18ClN3O4. The van der Waals surface area contributed by atoms with Crippen LogP contribution < -0.4 is 4.74 Å². The Kier molecular flexibility index (Phi) is 5.79. The Bertz CT molecular complexity index is 1880. The smallest absolute Gasteiger partial charge is 0.336 e. The number of carbonyl (C=O) groups is 1. The number of hydrogen-bond acceptors (Lipinski definition) is 5. The van der Waals surface area contributed by atoms with Gasteiger partial charge in [-0.2, -0.15) is 4.98 Å². The van der Waals surface area contributed by atoms with Crippen LogP contribution in [0.4, 0.5) is 0 Å². The van der Waals surface area contributed by atoms with Gasteiger partial charge in [-0.25, -0.2) is 9.78 Å². The first-order valence-electron chi connectivity index (χ1n) is 11.6. The van der Waals surface area contributed by atoms with Crippen LogP contribution in [0.3, 0.4) is 0 Å². The minimum atomic E-state index is -1.02. The van der Waals surface area contributed by atoms with Crippen molar-refractivity contribution in [3.63, 3.8) is 0 Å². The van der Waals surface area contributed by atoms with E-state index < -0.39 is 5.97 Å². The van der Waals surface area contributed by atoms with Gasteiger partial charge in [0.05, 0.1) is 21.6 Å². The second-order valence-corrected chi connectivity index (χ2v) is 9.00. The zero-order valence-corrected chi connectivity index (χ0v) is 20.7. The molecule has 0 saturated heterocycles. The number of aryl methyl sites for hydroxylation is 1. The lowest BCUT2D eigenvalue weighted by Crippen LogP contribution is -2.00. The average Bonchev–Trinajstić information content (AvgIpc) is 3.52. The van der Waals surface area contributed by atoms with Gasteiger partial charge in [0.15, 0.2) is 5.58 Å². The topological polar surface area (TPSA) is 101 Å². The molecule has 0 aliphatic rings. The number of aromatic carboxylic acids is 1. The van der Waals surface area contributed by atoms with Crippen LogP contribution in [-0.2, 0) is 0 Å². The summed E-state index contributed by atoms with van der Waals surface area (Å²) in [6, 6.07) is 23.8. The number of oxazole rings is 1. The van der Waals surface area contributed by atoms with E-state index in [2.05, 4.69) is 26.8 Å². The van der Waals surface area contributed by atoms with Crippen LogP contribution in [0, 0.1) is 18.8 Å². The highest BCUT2D eigenvalue weighted by atomic mass is 35.5. The number of H-pyrrole nitrogens is 1. The van der Waals surface area contributed by atoms with E-state index in [0.29, 0.717) is 38.8 Å². The Balaban J connectivity index is 1.23. The van der Waals surface area contributed by atoms with Gasteiger partial charge >= 0.3 is 5.97 Å². The Morgan fingerprint density at radius 2 is 1.79 bits per heavy atom. The maximum atomic E-state index is 11.4. The van der Waals surface area contributed by atoms with Crippen LogP contribution in [0.15, 0.2) is 83.3 Å². The molecule has 0 fully saturated rings. The first-order chi connectivity index (χ1) is 18.4. The van der Waals surface area contributed by atoms with Crippen molar-refractivity contribution in [3.05, 3.63) is 106 Å². The number of nitrogens with one attached hydrogen (secondary N) is 1. The van der Waals surface area contributed by atoms with Gasteiger partial charge in [-0.05, 0) is 73.2 Å². The first kappa shape index (κ1) is 23.3. The van der Waals surface area contributed by atoms with Crippen molar-refractivity contribution in [2.24, 2.45) is 0 Å². The monoisotopic (exact) mass is 519 g/mol. The number of aromatic nitrogens is 3. The number of hydrogen-bond donors (Lipinski definition) is 2. The van der Waals surface area contributed by atoms with Crippen molar-refractivity contribution in [1.29, 1.82) is 0 Å². The molecule has 184 valence electrons. The third-order valence-electron chi connectivity index (χ3n) is 5.97. The highest BCUT2D eigenvalue weighted by Crippen LogP contribution is 2.28. The van der Waals surface area contributed by atoms with E-state index in [1.807, 2.05) is 48.5 Å². The third kappa shape index (κ3) is 4.57. The highest BCUT2D eigenvalue weighted by Gasteiger charge is 2.12. The number of benzene rings is 4. The SMILES string of the molecule is Cc1ccc(Oc2nc3cc(Cl)c(C#Cc4ccc(-c5nc6ccccc6o5)cc4)cc3[nH]2)cc1C(=O)O. The minimum Gasteiger partial charge on any atom is -0.478 e. The molecule has 0 aliphatic heterocycles. The number of carboxylic acids is 1. The molecule has 7 nitrogen and oxygen atoms in total. The fraction of sp³-hybridized carbons (Fsp3) is 0.0333. The van der Waals surface area contributed by atoms with E-state index in [1.54, 1.807) is 31.2 Å². The second kappa shape index (κ2) is 9.43. The maximum Gasteiger partial charge on any atom is 0.336 e. The maximum absolute atomic E-state index is 11.4. The number of aromatic amines is 1. The summed E-state index contributed by atoms with van der Waals surface area (Å²) in [5, 5.41) is 9.80. The van der Waals surface area contributed by atoms with Crippen molar-refractivity contribution < 1.29 is 19.1 Å². The Hall–Kier alpha value is -5.06. The zero-order valence-electron chi connectivity index (χ0n) is 19.9. The molecule has 0 aliphatic carbocycles. The number of rotatable bonds is 4. The molecule has 0 radical (unpaired) electrons. The molecule has 6 aromatic rings. The van der Waals surface area contributed by atoms with Crippen molar-refractivity contribution in [1.82, 2.24) is 15.0 Å². The predicted molar refractivity (Wildman–Crippen MR) is 145 cm³/mol. The summed E-state index contributed by atoms with van der Waals surface area (Å²) in [5.74, 6) is 6.14. The number of para-hydroxylation sites is 2. The number of ether oxygens (including phenoxy) is 1. The first-order valence-corrected chi connectivity index (χ1v) is 12.0. The van der Waals surface area contributed by atoms with Crippen LogP contribution in [0.1, 0.15) is 27.0 Å². The number of nitrogens with zero attached hydrogens (tertiary/aromatic N) is 2. The number of halogens is 1. The zero-order chi connectivity index (χ0) is 26.2. The second-order valence-electron chi connectivity index (χ2n) is 8.59. The fourth-order valence-electron chi connectivity index (χ4n) is 3.99. The van der Waals surface area contributed by atoms with Crippen molar-refractivity contribution in [3.8, 4) is 35.1 Å². The van der Waals surface area contributed by atoms with E-state index in [4.69, 9.17) is 20.8 Å². The minimum absolute atomic E-state index is 0.168. The lowest BCUT2D eigenvalue weighted by molar-refractivity contribution is 0.0695. The molecule has 0 unspecified atom stereocenters. The van der Waals surface area contributed by atoms with Crippen LogP contribution in [0.2, 0.25) is 5.02 Å². The molecule has 0 bridgehead atoms. The van der Waals surface area contributed by atoms with Gasteiger partial charge in [0, 0.05) is 16.7 Å². The van der Waals surface area contributed by atoms with E-state index in [-0.39, 0.29) is 11.6 Å². The molecule has 2 N–H and O–H groups in total. The summed E-state index contributed by atoms with van der Waals surface area (Å²) >= 11 is 6.47. The number of imidazole rings is 1. The normalized spacial score (nSPS) is 10.9. The predicted octanol–water partition coefficient (Wildman–Crippen LogP) is 7.22. The van der Waals surface area contributed by atoms with Gasteiger partial charge in [0.25, 0.3) is 6.01 Å². The summed E-state index contributed by atoms with van der Waals surface area (Å²) in [4.78, 5) is 23.4. The molecule has 0 amide bonds. The molecule has 2 aromatic heterocycles. The molecule has 4 aromatic carbocycles. The average molecular weight is 520 g/mol. The summed E-state index contributed by atoms with van der Waals surface area (Å²) in [6.45, 7) is 1.73. The molecule has 2 heterocycles.